The van der Waals surface area contributed by atoms with E-state index in [1.54, 1.807) is 31.6 Å². The van der Waals surface area contributed by atoms with Crippen LogP contribution in [0, 0.1) is 6.92 Å². The Morgan fingerprint density at radius 1 is 1.29 bits per heavy atom. The molecule has 3 aromatic rings. The molecule has 4 rings (SSSR count). The minimum Gasteiger partial charge on any atom is -0.383 e. The zero-order chi connectivity index (χ0) is 26.9. The number of carbonyl (C=O) groups is 2. The molecule has 2 atom stereocenters. The number of pyridine rings is 1. The first-order chi connectivity index (χ1) is 17.5. The molecule has 1 aromatic carbocycles. The Morgan fingerprint density at radius 3 is 2.63 bits per heavy atom. The summed E-state index contributed by atoms with van der Waals surface area (Å²) < 4.78 is 46.7. The standard InChI is InChI=1S/C25H29F3N6O3.Cu/c1-4-33(15(3)17-9-8-16(11-14(17)2)25(26,27)28)24(36)23(35)32-19-13-30-22(29)18-12-31-34(21(18)19)20-7-5-6-10-37-20;/h8-9,11-13,15,20H,4-7,10H2,1-3H3,(H2,29,30)(H,32,35);. The maximum atomic E-state index is 13.2. The van der Waals surface area contributed by atoms with Gasteiger partial charge in [0.05, 0.1) is 35.1 Å². The van der Waals surface area contributed by atoms with Crippen LogP contribution in [-0.4, -0.2) is 44.6 Å². The Labute approximate surface area is 228 Å². The van der Waals surface area contributed by atoms with Crippen LogP contribution < -0.4 is 11.1 Å². The zero-order valence-corrected chi connectivity index (χ0v) is 22.0. The number of nitrogens with one attached hydrogen (secondary N) is 1. The van der Waals surface area contributed by atoms with Crippen LogP contribution >= 0.6 is 0 Å². The van der Waals surface area contributed by atoms with Crippen molar-refractivity contribution >= 4 is 34.2 Å². The molecule has 9 nitrogen and oxygen atoms in total. The van der Waals surface area contributed by atoms with Crippen molar-refractivity contribution < 1.29 is 44.6 Å². The van der Waals surface area contributed by atoms with Gasteiger partial charge in [-0.25, -0.2) is 9.67 Å². The zero-order valence-electron chi connectivity index (χ0n) is 21.1. The fourth-order valence-corrected chi connectivity index (χ4v) is 4.70. The maximum Gasteiger partial charge on any atom is 0.416 e. The summed E-state index contributed by atoms with van der Waals surface area (Å²) in [6, 6.07) is 2.71. The summed E-state index contributed by atoms with van der Waals surface area (Å²) in [7, 11) is 0. The molecule has 2 unspecified atom stereocenters. The van der Waals surface area contributed by atoms with E-state index in [-0.39, 0.29) is 41.3 Å². The van der Waals surface area contributed by atoms with E-state index in [1.165, 1.54) is 17.2 Å². The van der Waals surface area contributed by atoms with Gasteiger partial charge in [0.2, 0.25) is 0 Å². The molecule has 2 amide bonds. The second-order valence-corrected chi connectivity index (χ2v) is 9.02. The van der Waals surface area contributed by atoms with Gasteiger partial charge < -0.3 is 20.7 Å². The second kappa shape index (κ2) is 11.7. The molecule has 0 bridgehead atoms. The number of ether oxygens (including phenoxy) is 1. The van der Waals surface area contributed by atoms with Crippen LogP contribution in [0.4, 0.5) is 24.7 Å². The minimum absolute atomic E-state index is 0. The van der Waals surface area contributed by atoms with Gasteiger partial charge in [0, 0.05) is 30.2 Å². The van der Waals surface area contributed by atoms with E-state index in [2.05, 4.69) is 15.4 Å². The van der Waals surface area contributed by atoms with Gasteiger partial charge in [0.15, 0.2) is 6.23 Å². The number of aryl methyl sites for hydroxylation is 1. The smallest absolute Gasteiger partial charge is 0.383 e. The largest absolute Gasteiger partial charge is 0.416 e. The number of nitrogen functional groups attached to an aromatic ring is 1. The minimum atomic E-state index is -4.47. The number of nitrogens with zero attached hydrogens (tertiary/aromatic N) is 4. The number of aromatic nitrogens is 3. The molecule has 3 N–H and O–H groups in total. The number of likely N-dealkylation sites (N-methyl/N-ethyl adjacent to an activating group) is 1. The summed E-state index contributed by atoms with van der Waals surface area (Å²) in [6.45, 7) is 5.66. The first-order valence-electron chi connectivity index (χ1n) is 12.1. The molecule has 0 spiro atoms. The fraction of sp³-hybridized carbons (Fsp3) is 0.440. The Hall–Kier alpha value is -3.15. The third-order valence-electron chi connectivity index (χ3n) is 6.65. The molecule has 0 saturated carbocycles. The predicted octanol–water partition coefficient (Wildman–Crippen LogP) is 4.59. The number of alkyl halides is 3. The third-order valence-corrected chi connectivity index (χ3v) is 6.65. The van der Waals surface area contributed by atoms with E-state index in [0.29, 0.717) is 28.6 Å². The Balaban J connectivity index is 0.00000400. The SMILES string of the molecule is CCN(C(=O)C(=O)Nc1cnc(N)c2cnn(C3CCCCO3)c12)C(C)c1ccc(C(F)(F)F)cc1C.[Cu]. The third kappa shape index (κ3) is 5.79. The average Bonchev–Trinajstić information content (AvgIpc) is 3.32. The van der Waals surface area contributed by atoms with Gasteiger partial charge in [-0.1, -0.05) is 6.07 Å². The number of rotatable bonds is 5. The number of amides is 2. The van der Waals surface area contributed by atoms with Crippen LogP contribution in [0.1, 0.15) is 62.1 Å². The van der Waals surface area contributed by atoms with E-state index in [0.717, 1.165) is 31.4 Å². The molecule has 13 heteroatoms. The van der Waals surface area contributed by atoms with E-state index >= 15 is 0 Å². The Morgan fingerprint density at radius 2 is 2.03 bits per heavy atom. The van der Waals surface area contributed by atoms with Crippen LogP contribution in [0.15, 0.2) is 30.6 Å². The van der Waals surface area contributed by atoms with Gasteiger partial charge in [-0.2, -0.15) is 18.3 Å². The van der Waals surface area contributed by atoms with Gasteiger partial charge >= 0.3 is 18.0 Å². The van der Waals surface area contributed by atoms with Crippen molar-refractivity contribution in [3.8, 4) is 0 Å². The number of benzene rings is 1. The van der Waals surface area contributed by atoms with Crippen molar-refractivity contribution in [2.75, 3.05) is 24.2 Å². The molecule has 1 fully saturated rings. The summed E-state index contributed by atoms with van der Waals surface area (Å²) in [5, 5.41) is 7.53. The fourth-order valence-electron chi connectivity index (χ4n) is 4.70. The van der Waals surface area contributed by atoms with Crippen molar-refractivity contribution in [2.24, 2.45) is 0 Å². The summed E-state index contributed by atoms with van der Waals surface area (Å²) in [5.41, 5.74) is 6.88. The summed E-state index contributed by atoms with van der Waals surface area (Å²) in [5.74, 6) is -1.52. The van der Waals surface area contributed by atoms with Crippen LogP contribution in [0.5, 0.6) is 0 Å². The van der Waals surface area contributed by atoms with Crippen molar-refractivity contribution in [3.05, 3.63) is 47.3 Å². The number of halogens is 3. The number of nitrogens with two attached hydrogens (primary N) is 1. The van der Waals surface area contributed by atoms with Crippen LogP contribution in [-0.2, 0) is 37.6 Å². The molecule has 209 valence electrons. The number of fused-ring (bicyclic) bond motifs is 1. The van der Waals surface area contributed by atoms with Gasteiger partial charge in [-0.05, 0) is 63.3 Å². The Bertz CT molecular complexity index is 1320. The number of hydrogen-bond acceptors (Lipinski definition) is 6. The number of carbonyl (C=O) groups excluding carboxylic acids is 2. The van der Waals surface area contributed by atoms with Gasteiger partial charge in [0.1, 0.15) is 11.3 Å². The molecular weight excluding hydrogens is 553 g/mol. The van der Waals surface area contributed by atoms with Crippen molar-refractivity contribution in [1.29, 1.82) is 0 Å². The van der Waals surface area contributed by atoms with Gasteiger partial charge in [-0.3, -0.25) is 9.59 Å². The molecule has 1 saturated heterocycles. The Kier molecular flexibility index (Phi) is 9.06. The molecule has 2 aromatic heterocycles. The molecule has 1 radical (unpaired) electrons. The quantitative estimate of drug-likeness (QED) is 0.336. The van der Waals surface area contributed by atoms with Crippen LogP contribution in [0.3, 0.4) is 0 Å². The molecular formula is C25H29CuF3N6O3. The summed E-state index contributed by atoms with van der Waals surface area (Å²) in [6.07, 6.45) is 0.735. The van der Waals surface area contributed by atoms with Crippen molar-refractivity contribution in [1.82, 2.24) is 19.7 Å². The number of hydrogen-bond donors (Lipinski definition) is 2. The monoisotopic (exact) mass is 581 g/mol. The summed E-state index contributed by atoms with van der Waals surface area (Å²) >= 11 is 0. The van der Waals surface area contributed by atoms with Gasteiger partial charge in [-0.15, -0.1) is 0 Å². The van der Waals surface area contributed by atoms with E-state index in [9.17, 15) is 22.8 Å². The topological polar surface area (TPSA) is 115 Å². The molecule has 1 aliphatic heterocycles. The molecule has 38 heavy (non-hydrogen) atoms. The van der Waals surface area contributed by atoms with Crippen LogP contribution in [0.2, 0.25) is 0 Å². The van der Waals surface area contributed by atoms with Gasteiger partial charge in [0.25, 0.3) is 0 Å². The predicted molar refractivity (Wildman–Crippen MR) is 131 cm³/mol. The van der Waals surface area contributed by atoms with E-state index < -0.39 is 29.6 Å². The van der Waals surface area contributed by atoms with E-state index in [1.807, 2.05) is 0 Å². The molecule has 1 aliphatic rings. The first kappa shape index (κ1) is 29.4. The average molecular weight is 582 g/mol. The summed E-state index contributed by atoms with van der Waals surface area (Å²) in [4.78, 5) is 31.7. The molecule has 3 heterocycles. The second-order valence-electron chi connectivity index (χ2n) is 9.02. The van der Waals surface area contributed by atoms with Crippen LogP contribution in [0.25, 0.3) is 10.9 Å². The van der Waals surface area contributed by atoms with Crippen molar-refractivity contribution in [3.63, 3.8) is 0 Å². The number of anilines is 2. The molecule has 0 aliphatic carbocycles. The van der Waals surface area contributed by atoms with E-state index in [4.69, 9.17) is 10.5 Å². The first-order valence-corrected chi connectivity index (χ1v) is 12.1. The normalized spacial score (nSPS) is 16.5. The maximum absolute atomic E-state index is 13.2. The van der Waals surface area contributed by atoms with Crippen molar-refractivity contribution in [2.45, 2.75) is 58.5 Å².